The van der Waals surface area contributed by atoms with Crippen molar-refractivity contribution in [1.29, 1.82) is 0 Å². The fourth-order valence-electron chi connectivity index (χ4n) is 1.66. The van der Waals surface area contributed by atoms with E-state index in [1.165, 1.54) is 13.3 Å². The molecular formula is C14H13F4N3O2. The minimum atomic E-state index is -1.72. The predicted octanol–water partition coefficient (Wildman–Crippen LogP) is 2.67. The Labute approximate surface area is 129 Å². The third kappa shape index (κ3) is 4.28. The molecule has 0 aliphatic rings. The van der Waals surface area contributed by atoms with Crippen molar-refractivity contribution in [1.82, 2.24) is 9.97 Å². The molecule has 124 valence electrons. The van der Waals surface area contributed by atoms with Crippen molar-refractivity contribution >= 4 is 5.69 Å². The van der Waals surface area contributed by atoms with Crippen LogP contribution in [0, 0.1) is 23.5 Å². The second-order valence-electron chi connectivity index (χ2n) is 4.40. The van der Waals surface area contributed by atoms with Crippen molar-refractivity contribution in [3.8, 4) is 5.88 Å². The lowest BCUT2D eigenvalue weighted by Crippen LogP contribution is -2.10. The van der Waals surface area contributed by atoms with Gasteiger partial charge < -0.3 is 14.8 Å². The number of halogens is 4. The van der Waals surface area contributed by atoms with E-state index < -0.39 is 29.2 Å². The Morgan fingerprint density at radius 1 is 1.04 bits per heavy atom. The monoisotopic (exact) mass is 331 g/mol. The van der Waals surface area contributed by atoms with Crippen molar-refractivity contribution in [2.45, 2.75) is 6.54 Å². The van der Waals surface area contributed by atoms with E-state index in [2.05, 4.69) is 15.3 Å². The molecule has 9 heteroatoms. The number of anilines is 1. The van der Waals surface area contributed by atoms with Gasteiger partial charge in [0.15, 0.2) is 0 Å². The predicted molar refractivity (Wildman–Crippen MR) is 73.0 cm³/mol. The van der Waals surface area contributed by atoms with Gasteiger partial charge in [-0.05, 0) is 5.56 Å². The van der Waals surface area contributed by atoms with Gasteiger partial charge in [-0.2, -0.15) is 22.5 Å². The highest BCUT2D eigenvalue weighted by Crippen LogP contribution is 2.22. The van der Waals surface area contributed by atoms with Gasteiger partial charge in [0.25, 0.3) is 11.9 Å². The van der Waals surface area contributed by atoms with Crippen molar-refractivity contribution < 1.29 is 27.0 Å². The highest BCUT2D eigenvalue weighted by Gasteiger charge is 2.20. The van der Waals surface area contributed by atoms with Gasteiger partial charge in [-0.15, -0.1) is 0 Å². The molecular weight excluding hydrogens is 318 g/mol. The zero-order valence-electron chi connectivity index (χ0n) is 12.1. The number of hydrogen-bond acceptors (Lipinski definition) is 5. The number of nitrogens with zero attached hydrogens (tertiary/aromatic N) is 2. The van der Waals surface area contributed by atoms with Gasteiger partial charge in [0.05, 0.1) is 6.61 Å². The summed E-state index contributed by atoms with van der Waals surface area (Å²) in [5.74, 6) is -6.25. The Morgan fingerprint density at radius 2 is 1.74 bits per heavy atom. The lowest BCUT2D eigenvalue weighted by atomic mass is 10.2. The number of methoxy groups -OCH3 is 1. The first-order valence-corrected chi connectivity index (χ1v) is 6.53. The van der Waals surface area contributed by atoms with Gasteiger partial charge in [-0.25, -0.2) is 4.98 Å². The Morgan fingerprint density at radius 3 is 2.30 bits per heavy atom. The average Bonchev–Trinajstić information content (AvgIpc) is 2.54. The molecule has 0 radical (unpaired) electrons. The van der Waals surface area contributed by atoms with Crippen LogP contribution in [0.1, 0.15) is 5.56 Å². The molecule has 0 aliphatic carbocycles. The topological polar surface area (TPSA) is 56.3 Å². The molecule has 0 fully saturated rings. The summed E-state index contributed by atoms with van der Waals surface area (Å²) in [6.07, 6.45) is 1.40. The van der Waals surface area contributed by atoms with Crippen molar-refractivity contribution in [3.63, 3.8) is 0 Å². The molecule has 2 rings (SSSR count). The molecule has 0 saturated carbocycles. The largest absolute Gasteiger partial charge is 0.475 e. The first-order chi connectivity index (χ1) is 11.0. The molecule has 0 aliphatic heterocycles. The fraction of sp³-hybridized carbons (Fsp3) is 0.286. The Hall–Kier alpha value is -2.42. The summed E-state index contributed by atoms with van der Waals surface area (Å²) < 4.78 is 62.9. The van der Waals surface area contributed by atoms with Crippen LogP contribution < -0.4 is 10.1 Å². The lowest BCUT2D eigenvalue weighted by Gasteiger charge is -2.10. The Kier molecular flexibility index (Phi) is 5.69. The number of rotatable bonds is 7. The summed E-state index contributed by atoms with van der Waals surface area (Å²) >= 11 is 0. The van der Waals surface area contributed by atoms with E-state index in [9.17, 15) is 17.6 Å². The molecule has 0 atom stereocenters. The van der Waals surface area contributed by atoms with Crippen molar-refractivity contribution in [2.24, 2.45) is 0 Å². The van der Waals surface area contributed by atoms with Crippen LogP contribution in [0.4, 0.5) is 23.2 Å². The summed E-state index contributed by atoms with van der Waals surface area (Å²) in [6, 6.07) is 3.14. The van der Waals surface area contributed by atoms with Crippen LogP contribution in [-0.4, -0.2) is 30.3 Å². The molecule has 2 aromatic heterocycles. The van der Waals surface area contributed by atoms with Gasteiger partial charge >= 0.3 is 0 Å². The van der Waals surface area contributed by atoms with Crippen LogP contribution in [0.5, 0.6) is 5.88 Å². The molecule has 23 heavy (non-hydrogen) atoms. The van der Waals surface area contributed by atoms with Crippen LogP contribution in [0.15, 0.2) is 18.3 Å². The molecule has 0 spiro atoms. The third-order valence-electron chi connectivity index (χ3n) is 2.80. The summed E-state index contributed by atoms with van der Waals surface area (Å²) in [4.78, 5) is 6.45. The number of ether oxygens (including phenoxy) is 2. The maximum atomic E-state index is 13.4. The zero-order chi connectivity index (χ0) is 16.8. The van der Waals surface area contributed by atoms with E-state index in [4.69, 9.17) is 9.47 Å². The van der Waals surface area contributed by atoms with Gasteiger partial charge in [0.1, 0.15) is 12.3 Å². The van der Waals surface area contributed by atoms with Gasteiger partial charge in [0.2, 0.25) is 17.5 Å². The molecule has 0 unspecified atom stereocenters. The standard InChI is InChI=1S/C14H13F4N3O2/c1-22-4-5-23-9-3-2-8(6-19-9)7-20-12-10(15)13(17)21-14(18)11(12)16/h2-3,6H,4-5,7H2,1H3,(H,20,21). The maximum absolute atomic E-state index is 13.4. The minimum Gasteiger partial charge on any atom is -0.475 e. The summed E-state index contributed by atoms with van der Waals surface area (Å²) in [5, 5.41) is 2.28. The summed E-state index contributed by atoms with van der Waals surface area (Å²) in [6.45, 7) is 0.637. The van der Waals surface area contributed by atoms with Gasteiger partial charge in [-0.1, -0.05) is 6.07 Å². The highest BCUT2D eigenvalue weighted by atomic mass is 19.2. The fourth-order valence-corrected chi connectivity index (χ4v) is 1.66. The Balaban J connectivity index is 2.01. The minimum absolute atomic E-state index is 0.0952. The quantitative estimate of drug-likeness (QED) is 0.480. The molecule has 0 bridgehead atoms. The Bertz CT molecular complexity index is 642. The molecule has 5 nitrogen and oxygen atoms in total. The second-order valence-corrected chi connectivity index (χ2v) is 4.40. The van der Waals surface area contributed by atoms with Crippen LogP contribution >= 0.6 is 0 Å². The molecule has 0 saturated heterocycles. The second kappa shape index (κ2) is 7.73. The van der Waals surface area contributed by atoms with Crippen molar-refractivity contribution in [2.75, 3.05) is 25.6 Å². The third-order valence-corrected chi connectivity index (χ3v) is 2.80. The highest BCUT2D eigenvalue weighted by molar-refractivity contribution is 5.45. The van der Waals surface area contributed by atoms with Crippen LogP contribution in [0.3, 0.4) is 0 Å². The molecule has 2 aromatic rings. The van der Waals surface area contributed by atoms with E-state index >= 15 is 0 Å². The SMILES string of the molecule is COCCOc1ccc(CNc2c(F)c(F)nc(F)c2F)cn1. The molecule has 1 N–H and O–H groups in total. The van der Waals surface area contributed by atoms with E-state index in [1.807, 2.05) is 0 Å². The van der Waals surface area contributed by atoms with E-state index in [0.717, 1.165) is 0 Å². The summed E-state index contributed by atoms with van der Waals surface area (Å²) in [7, 11) is 1.54. The normalized spacial score (nSPS) is 10.7. The first kappa shape index (κ1) is 16.9. The van der Waals surface area contributed by atoms with E-state index in [0.29, 0.717) is 24.7 Å². The van der Waals surface area contributed by atoms with Gasteiger partial charge in [-0.3, -0.25) is 0 Å². The molecule has 0 aromatic carbocycles. The van der Waals surface area contributed by atoms with Crippen molar-refractivity contribution in [3.05, 3.63) is 47.4 Å². The van der Waals surface area contributed by atoms with E-state index in [-0.39, 0.29) is 6.54 Å². The smallest absolute Gasteiger partial charge is 0.253 e. The molecule has 2 heterocycles. The zero-order valence-corrected chi connectivity index (χ0v) is 12.1. The lowest BCUT2D eigenvalue weighted by molar-refractivity contribution is 0.143. The van der Waals surface area contributed by atoms with Crippen LogP contribution in [0.25, 0.3) is 0 Å². The average molecular weight is 331 g/mol. The molecule has 0 amide bonds. The van der Waals surface area contributed by atoms with Gasteiger partial charge in [0, 0.05) is 25.9 Å². The number of nitrogens with one attached hydrogen (secondary N) is 1. The van der Waals surface area contributed by atoms with Crippen LogP contribution in [-0.2, 0) is 11.3 Å². The van der Waals surface area contributed by atoms with Crippen LogP contribution in [0.2, 0.25) is 0 Å². The summed E-state index contributed by atoms with van der Waals surface area (Å²) in [5.41, 5.74) is -0.393. The number of pyridine rings is 2. The number of aromatic nitrogens is 2. The number of hydrogen-bond donors (Lipinski definition) is 1. The first-order valence-electron chi connectivity index (χ1n) is 6.53. The maximum Gasteiger partial charge on any atom is 0.253 e. The van der Waals surface area contributed by atoms with E-state index in [1.54, 1.807) is 12.1 Å².